The van der Waals surface area contributed by atoms with Gasteiger partial charge in [-0.2, -0.15) is 5.10 Å². The molecule has 0 radical (unpaired) electrons. The summed E-state index contributed by atoms with van der Waals surface area (Å²) in [5.41, 5.74) is 1.59. The van der Waals surface area contributed by atoms with Crippen LogP contribution in [0.15, 0.2) is 6.20 Å². The van der Waals surface area contributed by atoms with E-state index in [0.717, 1.165) is 18.5 Å². The molecule has 2 atom stereocenters. The van der Waals surface area contributed by atoms with Gasteiger partial charge >= 0.3 is 0 Å². The molecule has 1 aromatic rings. The normalized spacial score (nSPS) is 24.6. The highest BCUT2D eigenvalue weighted by molar-refractivity contribution is 9.09. The molecule has 17 heavy (non-hydrogen) atoms. The van der Waals surface area contributed by atoms with E-state index in [1.807, 2.05) is 14.0 Å². The SMILES string of the molecule is Cc1c(C(=O)NC2CCCCC2Br)cnn1C. The fourth-order valence-electron chi connectivity index (χ4n) is 2.22. The smallest absolute Gasteiger partial charge is 0.254 e. The van der Waals surface area contributed by atoms with E-state index < -0.39 is 0 Å². The quantitative estimate of drug-likeness (QED) is 0.851. The first-order chi connectivity index (χ1) is 8.09. The molecule has 1 aromatic heterocycles. The molecule has 1 amide bonds. The van der Waals surface area contributed by atoms with E-state index in [1.54, 1.807) is 10.9 Å². The molecule has 5 heteroatoms. The summed E-state index contributed by atoms with van der Waals surface area (Å²) >= 11 is 3.64. The summed E-state index contributed by atoms with van der Waals surface area (Å²) in [5.74, 6) is -0.00745. The molecule has 0 aromatic carbocycles. The molecular weight excluding hydrogens is 282 g/mol. The Labute approximate surface area is 110 Å². The number of rotatable bonds is 2. The molecule has 1 saturated carbocycles. The number of aromatic nitrogens is 2. The van der Waals surface area contributed by atoms with Crippen molar-refractivity contribution < 1.29 is 4.79 Å². The zero-order chi connectivity index (χ0) is 12.4. The van der Waals surface area contributed by atoms with Crippen LogP contribution in [0.4, 0.5) is 0 Å². The van der Waals surface area contributed by atoms with Crippen LogP contribution in [0.5, 0.6) is 0 Å². The van der Waals surface area contributed by atoms with Crippen LogP contribution in [0.3, 0.4) is 0 Å². The summed E-state index contributed by atoms with van der Waals surface area (Å²) in [7, 11) is 1.85. The van der Waals surface area contributed by atoms with Gasteiger partial charge in [0.15, 0.2) is 0 Å². The molecule has 0 aliphatic heterocycles. The molecule has 94 valence electrons. The van der Waals surface area contributed by atoms with Gasteiger partial charge in [0.05, 0.1) is 11.8 Å². The summed E-state index contributed by atoms with van der Waals surface area (Å²) in [4.78, 5) is 12.5. The van der Waals surface area contributed by atoms with Gasteiger partial charge in [0.2, 0.25) is 0 Å². The van der Waals surface area contributed by atoms with Gasteiger partial charge in [-0.1, -0.05) is 28.8 Å². The van der Waals surface area contributed by atoms with Crippen LogP contribution in [0.1, 0.15) is 41.7 Å². The largest absolute Gasteiger partial charge is 0.348 e. The van der Waals surface area contributed by atoms with Crippen LogP contribution in [-0.2, 0) is 7.05 Å². The highest BCUT2D eigenvalue weighted by Crippen LogP contribution is 2.24. The summed E-state index contributed by atoms with van der Waals surface area (Å²) in [6.07, 6.45) is 6.27. The third-order valence-electron chi connectivity index (χ3n) is 3.48. The molecule has 2 rings (SSSR count). The third-order valence-corrected chi connectivity index (χ3v) is 4.57. The Hall–Kier alpha value is -0.840. The van der Waals surface area contributed by atoms with E-state index >= 15 is 0 Å². The number of amides is 1. The van der Waals surface area contributed by atoms with Crippen molar-refractivity contribution in [2.45, 2.75) is 43.5 Å². The maximum atomic E-state index is 12.1. The maximum Gasteiger partial charge on any atom is 0.254 e. The lowest BCUT2D eigenvalue weighted by Gasteiger charge is -2.28. The van der Waals surface area contributed by atoms with E-state index in [-0.39, 0.29) is 11.9 Å². The average molecular weight is 300 g/mol. The van der Waals surface area contributed by atoms with Crippen LogP contribution < -0.4 is 5.32 Å². The summed E-state index contributed by atoms with van der Waals surface area (Å²) in [6, 6.07) is 0.246. The van der Waals surface area contributed by atoms with Crippen molar-refractivity contribution in [1.29, 1.82) is 0 Å². The molecule has 1 fully saturated rings. The second-order valence-electron chi connectivity index (χ2n) is 4.65. The predicted octanol–water partition coefficient (Wildman–Crippen LogP) is 2.16. The maximum absolute atomic E-state index is 12.1. The fourth-order valence-corrected chi connectivity index (χ4v) is 2.94. The lowest BCUT2D eigenvalue weighted by atomic mass is 9.95. The number of hydrogen-bond acceptors (Lipinski definition) is 2. The second-order valence-corrected chi connectivity index (χ2v) is 5.82. The Morgan fingerprint density at radius 1 is 1.53 bits per heavy atom. The summed E-state index contributed by atoms with van der Waals surface area (Å²) in [5, 5.41) is 7.19. The lowest BCUT2D eigenvalue weighted by molar-refractivity contribution is 0.0929. The van der Waals surface area contributed by atoms with Crippen molar-refractivity contribution >= 4 is 21.8 Å². The van der Waals surface area contributed by atoms with Crippen LogP contribution in [0, 0.1) is 6.92 Å². The molecule has 4 nitrogen and oxygen atoms in total. The Morgan fingerprint density at radius 3 is 2.82 bits per heavy atom. The van der Waals surface area contributed by atoms with E-state index in [2.05, 4.69) is 26.3 Å². The number of alkyl halides is 1. The molecule has 1 heterocycles. The highest BCUT2D eigenvalue weighted by Gasteiger charge is 2.25. The van der Waals surface area contributed by atoms with Crippen molar-refractivity contribution in [3.63, 3.8) is 0 Å². The molecule has 1 N–H and O–H groups in total. The predicted molar refractivity (Wildman–Crippen MR) is 70.4 cm³/mol. The topological polar surface area (TPSA) is 46.9 Å². The van der Waals surface area contributed by atoms with Gasteiger partial charge in [-0.3, -0.25) is 9.48 Å². The van der Waals surface area contributed by atoms with Crippen LogP contribution in [-0.4, -0.2) is 26.6 Å². The average Bonchev–Trinajstić information content (AvgIpc) is 2.63. The zero-order valence-electron chi connectivity index (χ0n) is 10.2. The number of aryl methyl sites for hydroxylation is 1. The lowest BCUT2D eigenvalue weighted by Crippen LogP contribution is -2.42. The Morgan fingerprint density at radius 2 is 2.24 bits per heavy atom. The molecule has 2 unspecified atom stereocenters. The number of carbonyl (C=O) groups is 1. The van der Waals surface area contributed by atoms with Gasteiger partial charge < -0.3 is 5.32 Å². The van der Waals surface area contributed by atoms with E-state index in [0.29, 0.717) is 10.4 Å². The van der Waals surface area contributed by atoms with Crippen molar-refractivity contribution in [1.82, 2.24) is 15.1 Å². The molecule has 1 aliphatic rings. The number of nitrogens with one attached hydrogen (secondary N) is 1. The Balaban J connectivity index is 2.03. The van der Waals surface area contributed by atoms with E-state index in [1.165, 1.54) is 12.8 Å². The van der Waals surface area contributed by atoms with Gasteiger partial charge in [0, 0.05) is 23.6 Å². The third kappa shape index (κ3) is 2.70. The highest BCUT2D eigenvalue weighted by atomic mass is 79.9. The minimum atomic E-state index is -0.00745. The zero-order valence-corrected chi connectivity index (χ0v) is 11.8. The second kappa shape index (κ2) is 5.21. The van der Waals surface area contributed by atoms with Crippen molar-refractivity contribution in [3.8, 4) is 0 Å². The number of hydrogen-bond donors (Lipinski definition) is 1. The van der Waals surface area contributed by atoms with Gasteiger partial charge in [-0.15, -0.1) is 0 Å². The van der Waals surface area contributed by atoms with Crippen molar-refractivity contribution in [2.75, 3.05) is 0 Å². The summed E-state index contributed by atoms with van der Waals surface area (Å²) in [6.45, 7) is 1.91. The molecule has 1 aliphatic carbocycles. The number of halogens is 1. The van der Waals surface area contributed by atoms with Gasteiger partial charge in [0.25, 0.3) is 5.91 Å². The molecule has 0 saturated heterocycles. The minimum absolute atomic E-state index is 0.00745. The number of nitrogens with zero attached hydrogens (tertiary/aromatic N) is 2. The van der Waals surface area contributed by atoms with Crippen LogP contribution >= 0.6 is 15.9 Å². The van der Waals surface area contributed by atoms with Crippen molar-refractivity contribution in [3.05, 3.63) is 17.5 Å². The standard InChI is InChI=1S/C12H18BrN3O/c1-8-9(7-14-16(8)2)12(17)15-11-6-4-3-5-10(11)13/h7,10-11H,3-6H2,1-2H3,(H,15,17). The van der Waals surface area contributed by atoms with Gasteiger partial charge in [-0.25, -0.2) is 0 Å². The molecule has 0 bridgehead atoms. The van der Waals surface area contributed by atoms with E-state index in [4.69, 9.17) is 0 Å². The first-order valence-corrected chi connectivity index (χ1v) is 6.94. The van der Waals surface area contributed by atoms with Gasteiger partial charge in [-0.05, 0) is 19.8 Å². The molecular formula is C12H18BrN3O. The fraction of sp³-hybridized carbons (Fsp3) is 0.667. The Kier molecular flexibility index (Phi) is 3.86. The monoisotopic (exact) mass is 299 g/mol. The minimum Gasteiger partial charge on any atom is -0.348 e. The Bertz CT molecular complexity index is 416. The van der Waals surface area contributed by atoms with Crippen LogP contribution in [0.25, 0.3) is 0 Å². The number of carbonyl (C=O) groups excluding carboxylic acids is 1. The summed E-state index contributed by atoms with van der Waals surface area (Å²) < 4.78 is 1.72. The van der Waals surface area contributed by atoms with Crippen molar-refractivity contribution in [2.24, 2.45) is 7.05 Å². The first-order valence-electron chi connectivity index (χ1n) is 6.03. The van der Waals surface area contributed by atoms with E-state index in [9.17, 15) is 4.79 Å². The van der Waals surface area contributed by atoms with Gasteiger partial charge in [0.1, 0.15) is 0 Å². The molecule has 0 spiro atoms. The first kappa shape index (κ1) is 12.6. The van der Waals surface area contributed by atoms with Crippen LogP contribution in [0.2, 0.25) is 0 Å².